The summed E-state index contributed by atoms with van der Waals surface area (Å²) in [7, 11) is -2.11. The molecule has 0 heterocycles. The second kappa shape index (κ2) is 13.2. The summed E-state index contributed by atoms with van der Waals surface area (Å²) in [5, 5.41) is 2.69. The first-order valence-corrected chi connectivity index (χ1v) is 14.3. The number of nitrogens with one attached hydrogen (secondary N) is 1. The minimum atomic E-state index is -3.65. The molecule has 3 rings (SSSR count). The Morgan fingerprint density at radius 1 is 0.947 bits per heavy atom. The summed E-state index contributed by atoms with van der Waals surface area (Å²) in [5.74, 6) is -1.01. The van der Waals surface area contributed by atoms with Crippen LogP contribution < -0.4 is 9.62 Å². The van der Waals surface area contributed by atoms with Crippen LogP contribution in [-0.2, 0) is 32.6 Å². The number of nitrogens with zero attached hydrogens (tertiary/aromatic N) is 2. The van der Waals surface area contributed by atoms with Gasteiger partial charge >= 0.3 is 0 Å². The second-order valence-electron chi connectivity index (χ2n) is 9.25. The molecule has 2 amide bonds. The molecule has 7 nitrogen and oxygen atoms in total. The van der Waals surface area contributed by atoms with Crippen LogP contribution in [0.25, 0.3) is 0 Å². The van der Waals surface area contributed by atoms with Gasteiger partial charge in [0, 0.05) is 33.0 Å². The molecular formula is C29H34FN3O4S. The SMILES string of the molecule is CNC(=O)C(Cc1ccccc1)N(Cc1cccc(C)c1)C(=O)CCCN(c1ccc(F)cc1)S(C)(=O)=O. The van der Waals surface area contributed by atoms with Crippen LogP contribution in [-0.4, -0.2) is 51.0 Å². The van der Waals surface area contributed by atoms with E-state index < -0.39 is 21.9 Å². The summed E-state index contributed by atoms with van der Waals surface area (Å²) in [6.07, 6.45) is 1.66. The predicted molar refractivity (Wildman–Crippen MR) is 148 cm³/mol. The van der Waals surface area contributed by atoms with E-state index in [0.29, 0.717) is 12.1 Å². The van der Waals surface area contributed by atoms with E-state index in [0.717, 1.165) is 27.3 Å². The summed E-state index contributed by atoms with van der Waals surface area (Å²) >= 11 is 0. The van der Waals surface area contributed by atoms with Crippen molar-refractivity contribution in [2.75, 3.05) is 24.2 Å². The number of carbonyl (C=O) groups excluding carboxylic acids is 2. The maximum Gasteiger partial charge on any atom is 0.242 e. The molecule has 1 unspecified atom stereocenters. The van der Waals surface area contributed by atoms with Gasteiger partial charge in [-0.25, -0.2) is 12.8 Å². The summed E-state index contributed by atoms with van der Waals surface area (Å²) < 4.78 is 39.4. The summed E-state index contributed by atoms with van der Waals surface area (Å²) in [6.45, 7) is 2.24. The number of halogens is 1. The molecule has 0 aliphatic heterocycles. The fourth-order valence-corrected chi connectivity index (χ4v) is 5.30. The fraction of sp³-hybridized carbons (Fsp3) is 0.310. The molecule has 0 bridgehead atoms. The van der Waals surface area contributed by atoms with Gasteiger partial charge in [0.05, 0.1) is 11.9 Å². The first-order valence-electron chi connectivity index (χ1n) is 12.4. The largest absolute Gasteiger partial charge is 0.357 e. The molecule has 0 radical (unpaired) electrons. The summed E-state index contributed by atoms with van der Waals surface area (Å²) in [5.41, 5.74) is 3.18. The Labute approximate surface area is 224 Å². The van der Waals surface area contributed by atoms with Crippen LogP contribution in [0.3, 0.4) is 0 Å². The predicted octanol–water partition coefficient (Wildman–Crippen LogP) is 4.07. The van der Waals surface area contributed by atoms with E-state index >= 15 is 0 Å². The van der Waals surface area contributed by atoms with Crippen LogP contribution in [0.1, 0.15) is 29.5 Å². The van der Waals surface area contributed by atoms with Crippen LogP contribution >= 0.6 is 0 Å². The van der Waals surface area contributed by atoms with Gasteiger partial charge < -0.3 is 10.2 Å². The molecule has 1 N–H and O–H groups in total. The number of rotatable bonds is 12. The fourth-order valence-electron chi connectivity index (χ4n) is 4.34. The number of hydrogen-bond acceptors (Lipinski definition) is 4. The van der Waals surface area contributed by atoms with Gasteiger partial charge in [-0.3, -0.25) is 13.9 Å². The highest BCUT2D eigenvalue weighted by molar-refractivity contribution is 7.92. The second-order valence-corrected chi connectivity index (χ2v) is 11.2. The smallest absolute Gasteiger partial charge is 0.242 e. The van der Waals surface area contributed by atoms with E-state index in [9.17, 15) is 22.4 Å². The molecule has 0 spiro atoms. The van der Waals surface area contributed by atoms with Gasteiger partial charge in [-0.05, 0) is 48.7 Å². The normalized spacial score (nSPS) is 12.0. The average Bonchev–Trinajstić information content (AvgIpc) is 2.88. The number of sulfonamides is 1. The van der Waals surface area contributed by atoms with Crippen molar-refractivity contribution in [3.05, 3.63) is 101 Å². The van der Waals surface area contributed by atoms with Gasteiger partial charge in [-0.2, -0.15) is 0 Å². The monoisotopic (exact) mass is 539 g/mol. The van der Waals surface area contributed by atoms with Gasteiger partial charge in [0.25, 0.3) is 0 Å². The number of hydrogen-bond donors (Lipinski definition) is 1. The zero-order valence-corrected chi connectivity index (χ0v) is 22.7. The van der Waals surface area contributed by atoms with E-state index in [4.69, 9.17) is 0 Å². The number of carbonyl (C=O) groups is 2. The number of benzene rings is 3. The topological polar surface area (TPSA) is 86.8 Å². The molecule has 0 fully saturated rings. The zero-order valence-electron chi connectivity index (χ0n) is 21.9. The Morgan fingerprint density at radius 3 is 2.21 bits per heavy atom. The lowest BCUT2D eigenvalue weighted by Gasteiger charge is -2.31. The van der Waals surface area contributed by atoms with Crippen LogP contribution in [0.5, 0.6) is 0 Å². The van der Waals surface area contributed by atoms with Crippen molar-refractivity contribution in [3.8, 4) is 0 Å². The number of amides is 2. The molecule has 0 aliphatic rings. The lowest BCUT2D eigenvalue weighted by Crippen LogP contribution is -2.49. The Kier molecular flexibility index (Phi) is 10.0. The molecule has 0 saturated carbocycles. The summed E-state index contributed by atoms with van der Waals surface area (Å²) in [6, 6.07) is 21.7. The highest BCUT2D eigenvalue weighted by Crippen LogP contribution is 2.21. The molecule has 0 aliphatic carbocycles. The van der Waals surface area contributed by atoms with Gasteiger partial charge in [0.2, 0.25) is 21.8 Å². The van der Waals surface area contributed by atoms with Crippen LogP contribution in [0, 0.1) is 12.7 Å². The van der Waals surface area contributed by atoms with E-state index in [1.165, 1.54) is 24.3 Å². The molecule has 0 aromatic heterocycles. The van der Waals surface area contributed by atoms with Gasteiger partial charge in [0.15, 0.2) is 0 Å². The molecular weight excluding hydrogens is 505 g/mol. The highest BCUT2D eigenvalue weighted by atomic mass is 32.2. The number of anilines is 1. The number of likely N-dealkylation sites (N-methyl/N-ethyl adjacent to an activating group) is 1. The van der Waals surface area contributed by atoms with Crippen molar-refractivity contribution in [1.29, 1.82) is 0 Å². The van der Waals surface area contributed by atoms with Crippen LogP contribution in [0.2, 0.25) is 0 Å². The Bertz CT molecular complexity index is 1330. The first kappa shape index (κ1) is 28.8. The molecule has 9 heteroatoms. The molecule has 202 valence electrons. The van der Waals surface area contributed by atoms with Crippen molar-refractivity contribution in [2.24, 2.45) is 0 Å². The van der Waals surface area contributed by atoms with Crippen molar-refractivity contribution < 1.29 is 22.4 Å². The summed E-state index contributed by atoms with van der Waals surface area (Å²) in [4.78, 5) is 28.2. The lowest BCUT2D eigenvalue weighted by molar-refractivity contribution is -0.141. The number of aryl methyl sites for hydroxylation is 1. The standard InChI is InChI=1S/C29H34FN3O4S/c1-22-9-7-12-24(19-22)21-32(27(29(35)31-2)20-23-10-5-4-6-11-23)28(34)13-8-18-33(38(3,36)37)26-16-14-25(30)15-17-26/h4-7,9-12,14-17,19,27H,8,13,18,20-21H2,1-3H3,(H,31,35). The third-order valence-corrected chi connectivity index (χ3v) is 7.41. The molecule has 3 aromatic carbocycles. The molecule has 0 saturated heterocycles. The molecule has 3 aromatic rings. The van der Waals surface area contributed by atoms with Crippen molar-refractivity contribution in [2.45, 2.75) is 38.8 Å². The maximum absolute atomic E-state index is 13.6. The van der Waals surface area contributed by atoms with Crippen molar-refractivity contribution in [3.63, 3.8) is 0 Å². The van der Waals surface area contributed by atoms with E-state index in [-0.39, 0.29) is 37.7 Å². The average molecular weight is 540 g/mol. The maximum atomic E-state index is 13.6. The zero-order chi connectivity index (χ0) is 27.7. The van der Waals surface area contributed by atoms with Gasteiger partial charge in [-0.15, -0.1) is 0 Å². The van der Waals surface area contributed by atoms with Crippen molar-refractivity contribution in [1.82, 2.24) is 10.2 Å². The third kappa shape index (κ3) is 8.14. The Hall–Kier alpha value is -3.72. The minimum Gasteiger partial charge on any atom is -0.357 e. The molecule has 1 atom stereocenters. The van der Waals surface area contributed by atoms with Gasteiger partial charge in [-0.1, -0.05) is 60.2 Å². The lowest BCUT2D eigenvalue weighted by atomic mass is 10.0. The van der Waals surface area contributed by atoms with E-state index in [1.54, 1.807) is 11.9 Å². The van der Waals surface area contributed by atoms with Crippen LogP contribution in [0.15, 0.2) is 78.9 Å². The van der Waals surface area contributed by atoms with E-state index in [2.05, 4.69) is 5.32 Å². The van der Waals surface area contributed by atoms with Gasteiger partial charge in [0.1, 0.15) is 11.9 Å². The molecule has 38 heavy (non-hydrogen) atoms. The highest BCUT2D eigenvalue weighted by Gasteiger charge is 2.30. The quantitative estimate of drug-likeness (QED) is 0.376. The first-order chi connectivity index (χ1) is 18.1. The third-order valence-electron chi connectivity index (χ3n) is 6.22. The van der Waals surface area contributed by atoms with E-state index in [1.807, 2.05) is 61.5 Å². The Balaban J connectivity index is 1.84. The van der Waals surface area contributed by atoms with Crippen LogP contribution in [0.4, 0.5) is 10.1 Å². The van der Waals surface area contributed by atoms with Crippen molar-refractivity contribution >= 4 is 27.5 Å². The minimum absolute atomic E-state index is 0.0291. The Morgan fingerprint density at radius 2 is 1.61 bits per heavy atom.